The van der Waals surface area contributed by atoms with E-state index in [9.17, 15) is 9.59 Å². The summed E-state index contributed by atoms with van der Waals surface area (Å²) < 4.78 is 7.57. The Morgan fingerprint density at radius 1 is 1.17 bits per heavy atom. The van der Waals surface area contributed by atoms with Gasteiger partial charge in [0.25, 0.3) is 0 Å². The molecule has 2 amide bonds. The van der Waals surface area contributed by atoms with Crippen LogP contribution in [0.15, 0.2) is 30.6 Å². The molecule has 0 spiro atoms. The second kappa shape index (κ2) is 11.9. The third-order valence-electron chi connectivity index (χ3n) is 8.25. The number of ether oxygens (including phenoxy) is 1. The third kappa shape index (κ3) is 6.63. The molecule has 41 heavy (non-hydrogen) atoms. The number of piperidine rings is 1. The van der Waals surface area contributed by atoms with Gasteiger partial charge in [0.1, 0.15) is 12.5 Å². The monoisotopic (exact) mass is 577 g/mol. The van der Waals surface area contributed by atoms with Gasteiger partial charge in [-0.2, -0.15) is 5.10 Å². The Morgan fingerprint density at radius 3 is 2.76 bits per heavy atom. The summed E-state index contributed by atoms with van der Waals surface area (Å²) in [6.45, 7) is 12.4. The number of nitrogens with one attached hydrogen (secondary N) is 1. The zero-order valence-electron chi connectivity index (χ0n) is 24.9. The molecular formula is C30H43N7O3Si. The molecule has 0 aliphatic carbocycles. The van der Waals surface area contributed by atoms with Crippen molar-refractivity contribution in [3.05, 3.63) is 47.3 Å². The summed E-state index contributed by atoms with van der Waals surface area (Å²) in [4.78, 5) is 35.5. The topological polar surface area (TPSA) is 119 Å². The lowest BCUT2D eigenvalue weighted by Gasteiger charge is -2.39. The van der Waals surface area contributed by atoms with E-state index in [4.69, 9.17) is 10.5 Å². The first-order valence-corrected chi connectivity index (χ1v) is 18.3. The number of amides is 2. The van der Waals surface area contributed by atoms with Gasteiger partial charge in [0.2, 0.25) is 0 Å². The molecule has 0 bridgehead atoms. The normalized spacial score (nSPS) is 19.8. The molecule has 1 fully saturated rings. The quantitative estimate of drug-likeness (QED) is 0.245. The highest BCUT2D eigenvalue weighted by Gasteiger charge is 2.35. The molecule has 2 atom stereocenters. The molecule has 220 valence electrons. The van der Waals surface area contributed by atoms with Crippen LogP contribution in [0.1, 0.15) is 42.5 Å². The minimum atomic E-state index is -1.24. The fraction of sp³-hybridized carbons (Fsp3) is 0.533. The summed E-state index contributed by atoms with van der Waals surface area (Å²) in [6.07, 6.45) is 5.93. The van der Waals surface area contributed by atoms with E-state index in [2.05, 4.69) is 72.1 Å². The average Bonchev–Trinajstić information content (AvgIpc) is 3.36. The fourth-order valence-corrected chi connectivity index (χ4v) is 6.55. The summed E-state index contributed by atoms with van der Waals surface area (Å²) in [5.41, 5.74) is 10.9. The van der Waals surface area contributed by atoms with Crippen LogP contribution in [0, 0.1) is 5.92 Å². The first-order valence-electron chi connectivity index (χ1n) is 14.6. The molecule has 2 unspecified atom stereocenters. The lowest BCUT2D eigenvalue weighted by atomic mass is 9.87. The van der Waals surface area contributed by atoms with Crippen LogP contribution in [0.4, 0.5) is 11.5 Å². The molecular weight excluding hydrogens is 534 g/mol. The number of nitrogen functional groups attached to an aromatic ring is 1. The third-order valence-corrected chi connectivity index (χ3v) is 9.96. The van der Waals surface area contributed by atoms with Crippen LogP contribution in [-0.4, -0.2) is 71.2 Å². The van der Waals surface area contributed by atoms with Crippen molar-refractivity contribution in [3.63, 3.8) is 0 Å². The standard InChI is InChI=1S/C30H43N7O3Si/c1-20-6-9-26(22-7-8-23-18-35(2)11-10-21(23)14-22)36(17-20)30(39)29(38)34-25-16-32-28(31)24-15-33-37(27(24)25)19-40-12-13-41(3,4)5/h7-8,14-16,20,26H,6,9-13,17-19H2,1-5H3,(H2,31,32)(H,34,38). The van der Waals surface area contributed by atoms with Crippen molar-refractivity contribution in [2.45, 2.75) is 71.2 Å². The zero-order chi connectivity index (χ0) is 29.3. The highest BCUT2D eigenvalue weighted by Crippen LogP contribution is 2.35. The van der Waals surface area contributed by atoms with Crippen LogP contribution in [0.5, 0.6) is 0 Å². The van der Waals surface area contributed by atoms with Gasteiger partial charge in [-0.25, -0.2) is 9.67 Å². The van der Waals surface area contributed by atoms with Gasteiger partial charge in [0.05, 0.1) is 35.0 Å². The molecule has 0 saturated carbocycles. The first-order chi connectivity index (χ1) is 19.5. The van der Waals surface area contributed by atoms with E-state index in [-0.39, 0.29) is 12.8 Å². The molecule has 2 aliphatic heterocycles. The molecule has 11 heteroatoms. The number of hydrogen-bond acceptors (Lipinski definition) is 7. The van der Waals surface area contributed by atoms with Gasteiger partial charge >= 0.3 is 11.8 Å². The summed E-state index contributed by atoms with van der Waals surface area (Å²) in [7, 11) is 0.901. The largest absolute Gasteiger partial charge is 0.383 e. The van der Waals surface area contributed by atoms with Gasteiger partial charge in [-0.15, -0.1) is 0 Å². The van der Waals surface area contributed by atoms with Crippen molar-refractivity contribution in [1.29, 1.82) is 0 Å². The Morgan fingerprint density at radius 2 is 1.98 bits per heavy atom. The lowest BCUT2D eigenvalue weighted by molar-refractivity contribution is -0.146. The van der Waals surface area contributed by atoms with Gasteiger partial charge in [-0.1, -0.05) is 44.8 Å². The molecule has 3 N–H and O–H groups in total. The second-order valence-electron chi connectivity index (χ2n) is 12.9. The number of likely N-dealkylation sites (N-methyl/N-ethyl adjacent to an activating group) is 1. The van der Waals surface area contributed by atoms with Crippen LogP contribution < -0.4 is 11.1 Å². The summed E-state index contributed by atoms with van der Waals surface area (Å²) in [5.74, 6) is -0.611. The van der Waals surface area contributed by atoms with Gasteiger partial charge in [-0.05, 0) is 55.0 Å². The van der Waals surface area contributed by atoms with Crippen molar-refractivity contribution in [3.8, 4) is 0 Å². The Labute approximate surface area is 243 Å². The van der Waals surface area contributed by atoms with Crippen LogP contribution in [0.25, 0.3) is 10.9 Å². The Balaban J connectivity index is 1.35. The van der Waals surface area contributed by atoms with E-state index >= 15 is 0 Å². The zero-order valence-corrected chi connectivity index (χ0v) is 25.9. The number of pyridine rings is 1. The number of nitrogens with zero attached hydrogens (tertiary/aromatic N) is 5. The van der Waals surface area contributed by atoms with E-state index in [0.717, 1.165) is 44.0 Å². The minimum Gasteiger partial charge on any atom is -0.383 e. The maximum absolute atomic E-state index is 13.7. The molecule has 1 aromatic carbocycles. The number of anilines is 2. The molecule has 3 aromatic rings. The van der Waals surface area contributed by atoms with E-state index in [1.54, 1.807) is 15.8 Å². The number of hydrogen-bond donors (Lipinski definition) is 2. The number of nitrogens with two attached hydrogens (primary N) is 1. The number of benzene rings is 1. The Kier molecular flexibility index (Phi) is 8.49. The van der Waals surface area contributed by atoms with Crippen molar-refractivity contribution < 1.29 is 14.3 Å². The number of aromatic nitrogens is 3. The van der Waals surface area contributed by atoms with Gasteiger partial charge in [0.15, 0.2) is 0 Å². The first kappa shape index (κ1) is 29.2. The smallest absolute Gasteiger partial charge is 0.314 e. The predicted molar refractivity (Wildman–Crippen MR) is 164 cm³/mol. The number of carbonyl (C=O) groups excluding carboxylic acids is 2. The predicted octanol–water partition coefficient (Wildman–Crippen LogP) is 4.25. The molecule has 5 rings (SSSR count). The van der Waals surface area contributed by atoms with Crippen LogP contribution in [0.3, 0.4) is 0 Å². The molecule has 2 aliphatic rings. The van der Waals surface area contributed by atoms with Crippen LogP contribution in [0.2, 0.25) is 25.7 Å². The van der Waals surface area contributed by atoms with Crippen molar-refractivity contribution in [2.75, 3.05) is 37.8 Å². The number of likely N-dealkylation sites (tertiary alicyclic amines) is 1. The fourth-order valence-electron chi connectivity index (χ4n) is 5.79. The highest BCUT2D eigenvalue weighted by atomic mass is 28.3. The van der Waals surface area contributed by atoms with Crippen molar-refractivity contribution in [1.82, 2.24) is 24.6 Å². The second-order valence-corrected chi connectivity index (χ2v) is 18.6. The average molecular weight is 578 g/mol. The maximum atomic E-state index is 13.7. The van der Waals surface area contributed by atoms with Crippen LogP contribution in [-0.2, 0) is 34.0 Å². The molecule has 1 saturated heterocycles. The lowest BCUT2D eigenvalue weighted by Crippen LogP contribution is -2.46. The van der Waals surface area contributed by atoms with Crippen molar-refractivity contribution >= 4 is 42.3 Å². The van der Waals surface area contributed by atoms with E-state index in [1.165, 1.54) is 17.3 Å². The van der Waals surface area contributed by atoms with Crippen molar-refractivity contribution in [2.24, 2.45) is 5.92 Å². The van der Waals surface area contributed by atoms with Crippen LogP contribution >= 0.6 is 0 Å². The van der Waals surface area contributed by atoms with E-state index in [0.29, 0.717) is 41.5 Å². The summed E-state index contributed by atoms with van der Waals surface area (Å²) >= 11 is 0. The Hall–Kier alpha value is -3.28. The van der Waals surface area contributed by atoms with Gasteiger partial charge in [-0.3, -0.25) is 9.59 Å². The Bertz CT molecular complexity index is 1430. The highest BCUT2D eigenvalue weighted by molar-refractivity contribution is 6.76. The molecule has 10 nitrogen and oxygen atoms in total. The minimum absolute atomic E-state index is 0.135. The SMILES string of the molecule is CC1CCC(c2ccc3c(c2)CCN(C)C3)N(C(=O)C(=O)Nc2cnc(N)c3cnn(COCC[Si](C)(C)C)c23)C1. The van der Waals surface area contributed by atoms with Gasteiger partial charge in [0, 0.05) is 34.3 Å². The molecule has 4 heterocycles. The summed E-state index contributed by atoms with van der Waals surface area (Å²) in [6, 6.07) is 7.46. The van der Waals surface area contributed by atoms with E-state index < -0.39 is 19.9 Å². The van der Waals surface area contributed by atoms with Gasteiger partial charge < -0.3 is 25.6 Å². The number of rotatable bonds is 7. The number of carbonyl (C=O) groups is 2. The summed E-state index contributed by atoms with van der Waals surface area (Å²) in [5, 5.41) is 7.86. The number of fused-ring (bicyclic) bond motifs is 2. The van der Waals surface area contributed by atoms with E-state index in [1.807, 2.05) is 0 Å². The maximum Gasteiger partial charge on any atom is 0.314 e. The molecule has 2 aromatic heterocycles. The molecule has 0 radical (unpaired) electrons.